The van der Waals surface area contributed by atoms with Crippen LogP contribution in [0.4, 0.5) is 0 Å². The monoisotopic (exact) mass is 335 g/mol. The van der Waals surface area contributed by atoms with Gasteiger partial charge in [-0.05, 0) is 12.8 Å². The van der Waals surface area contributed by atoms with Crippen LogP contribution in [0.15, 0.2) is 0 Å². The predicted octanol–water partition coefficient (Wildman–Crippen LogP) is 0.420. The summed E-state index contributed by atoms with van der Waals surface area (Å²) in [5.41, 5.74) is -1.78. The Morgan fingerprint density at radius 2 is 1.57 bits per heavy atom. The maximum absolute atomic E-state index is 11.3. The summed E-state index contributed by atoms with van der Waals surface area (Å²) in [5, 5.41) is 38.0. The first-order valence-electron chi connectivity index (χ1n) is 8.48. The standard InChI is InChI=1S/C16H33NO6/c1-2-3-4-5-6-7-8-9-10-16(12-19,23-17)15(22)14(21)13(20)11-18/h12-15,18,20-22H,2-11,17H2,1H3/t13-,14-,15+,16+/m1/s1. The minimum Gasteiger partial charge on any atom is -0.394 e. The van der Waals surface area contributed by atoms with Crippen molar-refractivity contribution in [2.75, 3.05) is 6.61 Å². The lowest BCUT2D eigenvalue weighted by Crippen LogP contribution is -2.57. The van der Waals surface area contributed by atoms with E-state index in [9.17, 15) is 20.1 Å². The first-order valence-corrected chi connectivity index (χ1v) is 8.48. The molecule has 0 aromatic heterocycles. The van der Waals surface area contributed by atoms with Crippen LogP contribution < -0.4 is 5.90 Å². The molecule has 0 radical (unpaired) electrons. The Morgan fingerprint density at radius 3 is 2.00 bits per heavy atom. The fraction of sp³-hybridized carbons (Fsp3) is 0.938. The summed E-state index contributed by atoms with van der Waals surface area (Å²) in [6, 6.07) is 0. The van der Waals surface area contributed by atoms with Gasteiger partial charge in [0, 0.05) is 0 Å². The molecule has 6 N–H and O–H groups in total. The zero-order valence-corrected chi connectivity index (χ0v) is 14.1. The molecule has 0 amide bonds. The summed E-state index contributed by atoms with van der Waals surface area (Å²) in [4.78, 5) is 16.0. The van der Waals surface area contributed by atoms with E-state index in [1.165, 1.54) is 25.7 Å². The van der Waals surface area contributed by atoms with Gasteiger partial charge in [-0.2, -0.15) is 0 Å². The fourth-order valence-electron chi connectivity index (χ4n) is 2.58. The summed E-state index contributed by atoms with van der Waals surface area (Å²) < 4.78 is 0. The summed E-state index contributed by atoms with van der Waals surface area (Å²) >= 11 is 0. The molecule has 0 aliphatic heterocycles. The topological polar surface area (TPSA) is 133 Å². The van der Waals surface area contributed by atoms with E-state index in [1.807, 2.05) is 0 Å². The zero-order valence-electron chi connectivity index (χ0n) is 14.1. The number of aldehydes is 1. The quantitative estimate of drug-likeness (QED) is 0.166. The Hall–Kier alpha value is -0.570. The highest BCUT2D eigenvalue weighted by Crippen LogP contribution is 2.24. The van der Waals surface area contributed by atoms with Crippen LogP contribution in [0.1, 0.15) is 64.7 Å². The van der Waals surface area contributed by atoms with E-state index in [0.29, 0.717) is 12.7 Å². The van der Waals surface area contributed by atoms with Gasteiger partial charge in [-0.3, -0.25) is 9.63 Å². The Morgan fingerprint density at radius 1 is 1.04 bits per heavy atom. The van der Waals surface area contributed by atoms with Gasteiger partial charge in [-0.1, -0.05) is 51.9 Å². The van der Waals surface area contributed by atoms with E-state index in [4.69, 9.17) is 11.0 Å². The summed E-state index contributed by atoms with van der Waals surface area (Å²) in [7, 11) is 0. The number of unbranched alkanes of at least 4 members (excludes halogenated alkanes) is 7. The number of rotatable bonds is 15. The van der Waals surface area contributed by atoms with Crippen molar-refractivity contribution in [2.45, 2.75) is 88.6 Å². The molecule has 0 rings (SSSR count). The largest absolute Gasteiger partial charge is 0.394 e. The third kappa shape index (κ3) is 7.69. The van der Waals surface area contributed by atoms with Crippen molar-refractivity contribution in [1.82, 2.24) is 0 Å². The lowest BCUT2D eigenvalue weighted by Gasteiger charge is -2.34. The number of aliphatic hydroxyl groups excluding tert-OH is 4. The van der Waals surface area contributed by atoms with Crippen LogP contribution in [0.2, 0.25) is 0 Å². The van der Waals surface area contributed by atoms with E-state index in [-0.39, 0.29) is 6.42 Å². The number of nitrogens with two attached hydrogens (primary N) is 1. The lowest BCUT2D eigenvalue weighted by atomic mass is 9.86. The van der Waals surface area contributed by atoms with Gasteiger partial charge in [0.05, 0.1) is 6.61 Å². The molecule has 0 aliphatic rings. The summed E-state index contributed by atoms with van der Waals surface area (Å²) in [6.45, 7) is 1.43. The smallest absolute Gasteiger partial charge is 0.172 e. The van der Waals surface area contributed by atoms with E-state index in [0.717, 1.165) is 19.3 Å². The number of hydrogen-bond acceptors (Lipinski definition) is 7. The minimum absolute atomic E-state index is 0.137. The van der Waals surface area contributed by atoms with E-state index >= 15 is 0 Å². The molecule has 0 aromatic carbocycles. The van der Waals surface area contributed by atoms with Gasteiger partial charge in [-0.25, -0.2) is 5.90 Å². The number of carbonyl (C=O) groups excluding carboxylic acids is 1. The van der Waals surface area contributed by atoms with Crippen LogP contribution in [0, 0.1) is 0 Å². The molecule has 0 fully saturated rings. The van der Waals surface area contributed by atoms with Gasteiger partial charge in [0.15, 0.2) is 11.9 Å². The molecule has 0 unspecified atom stereocenters. The number of hydrogen-bond donors (Lipinski definition) is 5. The third-order valence-electron chi connectivity index (χ3n) is 4.25. The number of aliphatic hydroxyl groups is 4. The second-order valence-corrected chi connectivity index (χ2v) is 6.10. The number of carbonyl (C=O) groups is 1. The van der Waals surface area contributed by atoms with Gasteiger partial charge >= 0.3 is 0 Å². The van der Waals surface area contributed by atoms with Crippen LogP contribution in [0.5, 0.6) is 0 Å². The molecule has 0 bridgehead atoms. The Bertz CT molecular complexity index is 304. The maximum atomic E-state index is 11.3. The molecule has 0 aromatic rings. The normalized spacial score (nSPS) is 18.2. The van der Waals surface area contributed by atoms with Crippen LogP contribution in [0.25, 0.3) is 0 Å². The zero-order chi connectivity index (χ0) is 17.7. The van der Waals surface area contributed by atoms with Crippen molar-refractivity contribution >= 4 is 6.29 Å². The average molecular weight is 335 g/mol. The van der Waals surface area contributed by atoms with E-state index in [1.54, 1.807) is 0 Å². The lowest BCUT2D eigenvalue weighted by molar-refractivity contribution is -0.184. The van der Waals surface area contributed by atoms with Crippen LogP contribution in [-0.4, -0.2) is 57.2 Å². The third-order valence-corrected chi connectivity index (χ3v) is 4.25. The van der Waals surface area contributed by atoms with E-state index in [2.05, 4.69) is 11.8 Å². The van der Waals surface area contributed by atoms with Crippen molar-refractivity contribution in [3.63, 3.8) is 0 Å². The highest BCUT2D eigenvalue weighted by atomic mass is 16.6. The Kier molecular flexibility index (Phi) is 12.5. The Balaban J connectivity index is 4.30. The SMILES string of the molecule is CCCCCCCCCC[C@@](C=O)(ON)[C@@H](O)[C@H](O)[C@H](O)CO. The first kappa shape index (κ1) is 22.4. The van der Waals surface area contributed by atoms with Crippen molar-refractivity contribution in [3.8, 4) is 0 Å². The highest BCUT2D eigenvalue weighted by molar-refractivity contribution is 5.64. The van der Waals surface area contributed by atoms with Crippen LogP contribution in [0.3, 0.4) is 0 Å². The molecule has 0 saturated heterocycles. The molecular weight excluding hydrogens is 302 g/mol. The predicted molar refractivity (Wildman–Crippen MR) is 86.4 cm³/mol. The second kappa shape index (κ2) is 12.8. The molecule has 0 aliphatic carbocycles. The first-order chi connectivity index (χ1) is 11.0. The summed E-state index contributed by atoms with van der Waals surface area (Å²) in [6.07, 6.45) is 3.94. The van der Waals surface area contributed by atoms with Crippen LogP contribution in [-0.2, 0) is 9.63 Å². The second-order valence-electron chi connectivity index (χ2n) is 6.10. The van der Waals surface area contributed by atoms with Gasteiger partial charge in [0.1, 0.15) is 18.3 Å². The van der Waals surface area contributed by atoms with Gasteiger partial charge in [0.2, 0.25) is 0 Å². The summed E-state index contributed by atoms with van der Waals surface area (Å²) in [5.74, 6) is 5.15. The minimum atomic E-state index is -1.78. The van der Waals surface area contributed by atoms with Crippen molar-refractivity contribution in [1.29, 1.82) is 0 Å². The molecule has 4 atom stereocenters. The fourth-order valence-corrected chi connectivity index (χ4v) is 2.58. The van der Waals surface area contributed by atoms with Crippen molar-refractivity contribution in [2.24, 2.45) is 5.90 Å². The molecular formula is C16H33NO6. The molecule has 23 heavy (non-hydrogen) atoms. The molecule has 0 saturated carbocycles. The Labute approximate surface area is 138 Å². The van der Waals surface area contributed by atoms with E-state index < -0.39 is 30.5 Å². The molecule has 7 heteroatoms. The van der Waals surface area contributed by atoms with Crippen molar-refractivity contribution < 1.29 is 30.1 Å². The van der Waals surface area contributed by atoms with Gasteiger partial charge < -0.3 is 20.4 Å². The maximum Gasteiger partial charge on any atom is 0.172 e. The molecule has 7 nitrogen and oxygen atoms in total. The van der Waals surface area contributed by atoms with Gasteiger partial charge in [-0.15, -0.1) is 0 Å². The van der Waals surface area contributed by atoms with Crippen LogP contribution >= 0.6 is 0 Å². The molecule has 0 spiro atoms. The molecule has 0 heterocycles. The highest BCUT2D eigenvalue weighted by Gasteiger charge is 2.44. The van der Waals surface area contributed by atoms with Gasteiger partial charge in [0.25, 0.3) is 0 Å². The molecule has 138 valence electrons. The van der Waals surface area contributed by atoms with Crippen molar-refractivity contribution in [3.05, 3.63) is 0 Å². The average Bonchev–Trinajstić information content (AvgIpc) is 2.59.